The summed E-state index contributed by atoms with van der Waals surface area (Å²) in [5.74, 6) is -1.21. The SMILES string of the molecule is CCC[C@H](C)NC(=O)c1ccc(F)c(S(=O)(=O)N2CCCC2)c1. The molecule has 23 heavy (non-hydrogen) atoms. The summed E-state index contributed by atoms with van der Waals surface area (Å²) in [6.07, 6.45) is 3.30. The molecule has 0 saturated carbocycles. The maximum Gasteiger partial charge on any atom is 0.251 e. The molecule has 1 aliphatic heterocycles. The molecule has 1 saturated heterocycles. The Hall–Kier alpha value is -1.47. The lowest BCUT2D eigenvalue weighted by Gasteiger charge is -2.17. The first kappa shape index (κ1) is 17.9. The smallest absolute Gasteiger partial charge is 0.251 e. The van der Waals surface area contributed by atoms with E-state index in [0.717, 1.165) is 37.8 Å². The highest BCUT2D eigenvalue weighted by Gasteiger charge is 2.30. The zero-order valence-electron chi connectivity index (χ0n) is 13.5. The normalized spacial score (nSPS) is 17.2. The summed E-state index contributed by atoms with van der Waals surface area (Å²) < 4.78 is 40.3. The third-order valence-electron chi connectivity index (χ3n) is 3.98. The zero-order chi connectivity index (χ0) is 17.0. The van der Waals surface area contributed by atoms with Gasteiger partial charge in [-0.2, -0.15) is 4.31 Å². The summed E-state index contributed by atoms with van der Waals surface area (Å²) in [4.78, 5) is 11.8. The van der Waals surface area contributed by atoms with Crippen molar-refractivity contribution in [1.82, 2.24) is 9.62 Å². The van der Waals surface area contributed by atoms with E-state index < -0.39 is 20.7 Å². The molecule has 0 aromatic heterocycles. The fourth-order valence-corrected chi connectivity index (χ4v) is 4.33. The lowest BCUT2D eigenvalue weighted by Crippen LogP contribution is -2.33. The van der Waals surface area contributed by atoms with Gasteiger partial charge >= 0.3 is 0 Å². The van der Waals surface area contributed by atoms with Crippen LogP contribution in [0.1, 0.15) is 49.9 Å². The van der Waals surface area contributed by atoms with Gasteiger partial charge in [-0.1, -0.05) is 13.3 Å². The van der Waals surface area contributed by atoms with Gasteiger partial charge in [0.25, 0.3) is 5.91 Å². The number of rotatable bonds is 6. The molecule has 0 bridgehead atoms. The van der Waals surface area contributed by atoms with E-state index in [4.69, 9.17) is 0 Å². The Morgan fingerprint density at radius 1 is 1.35 bits per heavy atom. The van der Waals surface area contributed by atoms with Gasteiger partial charge in [-0.05, 0) is 44.4 Å². The second kappa shape index (κ2) is 7.40. The van der Waals surface area contributed by atoms with E-state index in [1.54, 1.807) is 0 Å². The van der Waals surface area contributed by atoms with E-state index in [1.807, 2.05) is 13.8 Å². The molecule has 0 spiro atoms. The highest BCUT2D eigenvalue weighted by Crippen LogP contribution is 2.24. The quantitative estimate of drug-likeness (QED) is 0.864. The molecule has 0 radical (unpaired) electrons. The van der Waals surface area contributed by atoms with E-state index in [2.05, 4.69) is 5.32 Å². The van der Waals surface area contributed by atoms with Gasteiger partial charge in [-0.15, -0.1) is 0 Å². The maximum atomic E-state index is 14.0. The van der Waals surface area contributed by atoms with Crippen molar-refractivity contribution in [1.29, 1.82) is 0 Å². The average Bonchev–Trinajstić information content (AvgIpc) is 3.02. The molecule has 0 aliphatic carbocycles. The van der Waals surface area contributed by atoms with Crippen LogP contribution in [-0.4, -0.2) is 37.8 Å². The third-order valence-corrected chi connectivity index (χ3v) is 5.89. The second-order valence-corrected chi connectivity index (χ2v) is 7.83. The number of halogens is 1. The zero-order valence-corrected chi connectivity index (χ0v) is 14.3. The van der Waals surface area contributed by atoms with Crippen LogP contribution < -0.4 is 5.32 Å². The fraction of sp³-hybridized carbons (Fsp3) is 0.562. The van der Waals surface area contributed by atoms with Crippen LogP contribution in [0.3, 0.4) is 0 Å². The van der Waals surface area contributed by atoms with Crippen LogP contribution in [0.15, 0.2) is 23.1 Å². The van der Waals surface area contributed by atoms with Crippen molar-refractivity contribution in [2.24, 2.45) is 0 Å². The van der Waals surface area contributed by atoms with Crippen LogP contribution in [-0.2, 0) is 10.0 Å². The van der Waals surface area contributed by atoms with Gasteiger partial charge < -0.3 is 5.32 Å². The third kappa shape index (κ3) is 4.09. The van der Waals surface area contributed by atoms with Crippen LogP contribution in [0, 0.1) is 5.82 Å². The Labute approximate surface area is 136 Å². The highest BCUT2D eigenvalue weighted by atomic mass is 32.2. The summed E-state index contributed by atoms with van der Waals surface area (Å²) in [5, 5.41) is 2.79. The Bertz CT molecular complexity index is 670. The summed E-state index contributed by atoms with van der Waals surface area (Å²) in [6.45, 7) is 4.69. The van der Waals surface area contributed by atoms with Crippen molar-refractivity contribution in [3.8, 4) is 0 Å². The van der Waals surface area contributed by atoms with Gasteiger partial charge in [0.05, 0.1) is 0 Å². The molecular formula is C16H23FN2O3S. The van der Waals surface area contributed by atoms with E-state index in [1.165, 1.54) is 10.4 Å². The Morgan fingerprint density at radius 2 is 2.00 bits per heavy atom. The van der Waals surface area contributed by atoms with Crippen molar-refractivity contribution in [3.63, 3.8) is 0 Å². The van der Waals surface area contributed by atoms with Crippen molar-refractivity contribution in [3.05, 3.63) is 29.6 Å². The monoisotopic (exact) mass is 342 g/mol. The molecule has 1 aromatic rings. The largest absolute Gasteiger partial charge is 0.350 e. The van der Waals surface area contributed by atoms with Crippen LogP contribution >= 0.6 is 0 Å². The molecule has 1 N–H and O–H groups in total. The Kier molecular flexibility index (Phi) is 5.75. The van der Waals surface area contributed by atoms with E-state index in [0.29, 0.717) is 13.1 Å². The first-order chi connectivity index (χ1) is 10.9. The lowest BCUT2D eigenvalue weighted by molar-refractivity contribution is 0.0938. The first-order valence-electron chi connectivity index (χ1n) is 7.97. The number of carbonyl (C=O) groups excluding carboxylic acids is 1. The fourth-order valence-electron chi connectivity index (χ4n) is 2.72. The molecule has 5 nitrogen and oxygen atoms in total. The number of nitrogens with zero attached hydrogens (tertiary/aromatic N) is 1. The summed E-state index contributed by atoms with van der Waals surface area (Å²) in [7, 11) is -3.89. The number of benzene rings is 1. The summed E-state index contributed by atoms with van der Waals surface area (Å²) in [5.41, 5.74) is 0.159. The van der Waals surface area contributed by atoms with E-state index >= 15 is 0 Å². The van der Waals surface area contributed by atoms with Crippen LogP contribution in [0.4, 0.5) is 4.39 Å². The van der Waals surface area contributed by atoms with Crippen LogP contribution in [0.5, 0.6) is 0 Å². The molecule has 7 heteroatoms. The number of hydrogen-bond donors (Lipinski definition) is 1. The average molecular weight is 342 g/mol. The molecule has 1 atom stereocenters. The van der Waals surface area contributed by atoms with Crippen molar-refractivity contribution in [2.75, 3.05) is 13.1 Å². The number of nitrogens with one attached hydrogen (secondary N) is 1. The predicted molar refractivity (Wildman–Crippen MR) is 86.2 cm³/mol. The standard InChI is InChI=1S/C16H23FN2O3S/c1-3-6-12(2)18-16(20)13-7-8-14(17)15(11-13)23(21,22)19-9-4-5-10-19/h7-8,11-12H,3-6,9-10H2,1-2H3,(H,18,20)/t12-/m0/s1. The summed E-state index contributed by atoms with van der Waals surface area (Å²) in [6, 6.07) is 3.47. The number of carbonyl (C=O) groups is 1. The van der Waals surface area contributed by atoms with E-state index in [-0.39, 0.29) is 17.5 Å². The van der Waals surface area contributed by atoms with Gasteiger partial charge in [0, 0.05) is 24.7 Å². The maximum absolute atomic E-state index is 14.0. The minimum atomic E-state index is -3.89. The highest BCUT2D eigenvalue weighted by molar-refractivity contribution is 7.89. The number of hydrogen-bond acceptors (Lipinski definition) is 3. The minimum absolute atomic E-state index is 0.0174. The lowest BCUT2D eigenvalue weighted by atomic mass is 10.1. The topological polar surface area (TPSA) is 66.5 Å². The molecule has 1 aromatic carbocycles. The molecule has 1 fully saturated rings. The van der Waals surface area contributed by atoms with Gasteiger partial charge in [0.2, 0.25) is 10.0 Å². The molecular weight excluding hydrogens is 319 g/mol. The van der Waals surface area contributed by atoms with Crippen molar-refractivity contribution in [2.45, 2.75) is 50.5 Å². The minimum Gasteiger partial charge on any atom is -0.350 e. The van der Waals surface area contributed by atoms with Gasteiger partial charge in [-0.25, -0.2) is 12.8 Å². The Balaban J connectivity index is 2.27. The molecule has 1 heterocycles. The molecule has 0 unspecified atom stereocenters. The number of sulfonamides is 1. The van der Waals surface area contributed by atoms with Crippen molar-refractivity contribution < 1.29 is 17.6 Å². The van der Waals surface area contributed by atoms with Crippen molar-refractivity contribution >= 4 is 15.9 Å². The second-order valence-electron chi connectivity index (χ2n) is 5.92. The molecule has 1 aliphatic rings. The first-order valence-corrected chi connectivity index (χ1v) is 9.41. The van der Waals surface area contributed by atoms with Gasteiger partial charge in [-0.3, -0.25) is 4.79 Å². The van der Waals surface area contributed by atoms with Gasteiger partial charge in [0.15, 0.2) is 0 Å². The van der Waals surface area contributed by atoms with Gasteiger partial charge in [0.1, 0.15) is 10.7 Å². The molecule has 128 valence electrons. The molecule has 1 amide bonds. The van der Waals surface area contributed by atoms with Crippen LogP contribution in [0.25, 0.3) is 0 Å². The number of amides is 1. The van der Waals surface area contributed by atoms with E-state index in [9.17, 15) is 17.6 Å². The molecule has 2 rings (SSSR count). The Morgan fingerprint density at radius 3 is 2.61 bits per heavy atom. The summed E-state index contributed by atoms with van der Waals surface area (Å²) >= 11 is 0. The van der Waals surface area contributed by atoms with Crippen LogP contribution in [0.2, 0.25) is 0 Å². The predicted octanol–water partition coefficient (Wildman–Crippen LogP) is 2.53.